The van der Waals surface area contributed by atoms with Crippen LogP contribution in [-0.4, -0.2) is 60.1 Å². The minimum atomic E-state index is -0.941. The molecule has 4 nitrogen and oxygen atoms in total. The van der Waals surface area contributed by atoms with Crippen molar-refractivity contribution in [3.05, 3.63) is 41.7 Å². The van der Waals surface area contributed by atoms with Gasteiger partial charge in [-0.15, -0.1) is 0 Å². The quantitative estimate of drug-likeness (QED) is 0.904. The summed E-state index contributed by atoms with van der Waals surface area (Å²) in [6, 6.07) is 6.33. The first-order valence-corrected chi connectivity index (χ1v) is 7.95. The molecule has 1 N–H and O–H groups in total. The maximum atomic E-state index is 12.9. The molecule has 0 aliphatic carbocycles. The smallest absolute Gasteiger partial charge is 0.224 e. The second-order valence-electron chi connectivity index (χ2n) is 6.48. The van der Waals surface area contributed by atoms with E-state index in [-0.39, 0.29) is 18.1 Å². The van der Waals surface area contributed by atoms with Crippen molar-refractivity contribution in [1.29, 1.82) is 0 Å². The number of nitrogens with zero attached hydrogens (tertiary/aromatic N) is 2. The third kappa shape index (κ3) is 5.44. The van der Waals surface area contributed by atoms with E-state index in [1.54, 1.807) is 26.2 Å². The Morgan fingerprint density at radius 1 is 1.39 bits per heavy atom. The molecule has 1 atom stereocenters. The fourth-order valence-corrected chi connectivity index (χ4v) is 2.86. The SMILES string of the molecule is CN(C)C(=O)CC1(O)CCCN(C/C=C/c2ccc(F)cc2)C1. The molecule has 0 spiro atoms. The van der Waals surface area contributed by atoms with Crippen LogP contribution in [0.1, 0.15) is 24.8 Å². The van der Waals surface area contributed by atoms with E-state index >= 15 is 0 Å². The van der Waals surface area contributed by atoms with E-state index in [0.29, 0.717) is 19.5 Å². The summed E-state index contributed by atoms with van der Waals surface area (Å²) >= 11 is 0. The Balaban J connectivity index is 1.88. The number of hydrogen-bond acceptors (Lipinski definition) is 3. The molecule has 1 aliphatic heterocycles. The highest BCUT2D eigenvalue weighted by molar-refractivity contribution is 5.76. The second kappa shape index (κ2) is 7.70. The van der Waals surface area contributed by atoms with Gasteiger partial charge in [0.05, 0.1) is 12.0 Å². The molecule has 0 bridgehead atoms. The number of hydrogen-bond donors (Lipinski definition) is 1. The first kappa shape index (κ1) is 17.6. The maximum absolute atomic E-state index is 12.9. The number of carbonyl (C=O) groups is 1. The number of β-amino-alcohol motifs (C(OH)–C–C–N with tert-alkyl or cyclic N) is 1. The van der Waals surface area contributed by atoms with Gasteiger partial charge >= 0.3 is 0 Å². The zero-order valence-electron chi connectivity index (χ0n) is 13.8. The summed E-state index contributed by atoms with van der Waals surface area (Å²) in [6.45, 7) is 2.11. The highest BCUT2D eigenvalue weighted by atomic mass is 19.1. The zero-order chi connectivity index (χ0) is 16.9. The van der Waals surface area contributed by atoms with Crippen LogP contribution < -0.4 is 0 Å². The fourth-order valence-electron chi connectivity index (χ4n) is 2.86. The van der Waals surface area contributed by atoms with E-state index in [9.17, 15) is 14.3 Å². The molecule has 23 heavy (non-hydrogen) atoms. The van der Waals surface area contributed by atoms with E-state index in [4.69, 9.17) is 0 Å². The molecule has 0 aromatic heterocycles. The van der Waals surface area contributed by atoms with Gasteiger partial charge in [-0.25, -0.2) is 4.39 Å². The lowest BCUT2D eigenvalue weighted by Gasteiger charge is -2.38. The zero-order valence-corrected chi connectivity index (χ0v) is 13.8. The molecule has 1 aliphatic rings. The molecule has 2 rings (SSSR count). The molecule has 1 amide bonds. The Labute approximate surface area is 137 Å². The van der Waals surface area contributed by atoms with Crippen molar-refractivity contribution < 1.29 is 14.3 Å². The largest absolute Gasteiger partial charge is 0.388 e. The van der Waals surface area contributed by atoms with Gasteiger partial charge in [0.2, 0.25) is 5.91 Å². The lowest BCUT2D eigenvalue weighted by molar-refractivity contribution is -0.136. The number of carbonyl (C=O) groups excluding carboxylic acids is 1. The molecule has 1 unspecified atom stereocenters. The molecule has 1 aromatic carbocycles. The molecule has 126 valence electrons. The van der Waals surface area contributed by atoms with Crippen LogP contribution in [0.4, 0.5) is 4.39 Å². The number of halogens is 1. The lowest BCUT2D eigenvalue weighted by atomic mass is 9.89. The van der Waals surface area contributed by atoms with Crippen LogP contribution in [0.2, 0.25) is 0 Å². The molecular weight excluding hydrogens is 295 g/mol. The van der Waals surface area contributed by atoms with Crippen molar-refractivity contribution in [2.24, 2.45) is 0 Å². The van der Waals surface area contributed by atoms with Gasteiger partial charge < -0.3 is 10.0 Å². The molecule has 5 heteroatoms. The van der Waals surface area contributed by atoms with Gasteiger partial charge in [0.1, 0.15) is 5.82 Å². The Kier molecular flexibility index (Phi) is 5.91. The topological polar surface area (TPSA) is 43.8 Å². The number of benzene rings is 1. The highest BCUT2D eigenvalue weighted by Crippen LogP contribution is 2.25. The summed E-state index contributed by atoms with van der Waals surface area (Å²) in [5.74, 6) is -0.287. The van der Waals surface area contributed by atoms with Gasteiger partial charge in [-0.3, -0.25) is 9.69 Å². The van der Waals surface area contributed by atoms with Crippen molar-refractivity contribution in [1.82, 2.24) is 9.80 Å². The molecular formula is C18H25FN2O2. The Hall–Kier alpha value is -1.72. The second-order valence-corrected chi connectivity index (χ2v) is 6.48. The molecule has 0 saturated carbocycles. The van der Waals surface area contributed by atoms with Crippen LogP contribution >= 0.6 is 0 Å². The standard InChI is InChI=1S/C18H25FN2O2/c1-20(2)17(22)13-18(23)10-4-12-21(14-18)11-3-5-15-6-8-16(19)9-7-15/h3,5-9,23H,4,10-14H2,1-2H3/b5-3+. The van der Waals surface area contributed by atoms with Crippen LogP contribution in [0.15, 0.2) is 30.3 Å². The van der Waals surface area contributed by atoms with Crippen molar-refractivity contribution >= 4 is 12.0 Å². The van der Waals surface area contributed by atoms with Crippen molar-refractivity contribution in [2.45, 2.75) is 24.9 Å². The van der Waals surface area contributed by atoms with E-state index in [0.717, 1.165) is 18.5 Å². The first-order chi connectivity index (χ1) is 10.9. The minimum absolute atomic E-state index is 0.0452. The molecule has 1 saturated heterocycles. The summed E-state index contributed by atoms with van der Waals surface area (Å²) in [6.07, 6.45) is 5.65. The number of likely N-dealkylation sites (tertiary alicyclic amines) is 1. The van der Waals surface area contributed by atoms with Gasteiger partial charge in [0, 0.05) is 27.2 Å². The Morgan fingerprint density at radius 3 is 2.74 bits per heavy atom. The molecule has 1 fully saturated rings. The van der Waals surface area contributed by atoms with E-state index < -0.39 is 5.60 Å². The molecule has 1 heterocycles. The normalized spacial score (nSPS) is 22.4. The summed E-state index contributed by atoms with van der Waals surface area (Å²) in [5, 5.41) is 10.7. The molecule has 1 aromatic rings. The van der Waals surface area contributed by atoms with Crippen LogP contribution in [0.5, 0.6) is 0 Å². The van der Waals surface area contributed by atoms with Crippen LogP contribution in [0.3, 0.4) is 0 Å². The highest BCUT2D eigenvalue weighted by Gasteiger charge is 2.35. The third-order valence-electron chi connectivity index (χ3n) is 4.16. The summed E-state index contributed by atoms with van der Waals surface area (Å²) in [7, 11) is 3.41. The average Bonchev–Trinajstić information content (AvgIpc) is 2.49. The van der Waals surface area contributed by atoms with Crippen LogP contribution in [0.25, 0.3) is 6.08 Å². The monoisotopic (exact) mass is 320 g/mol. The number of aliphatic hydroxyl groups is 1. The van der Waals surface area contributed by atoms with Crippen molar-refractivity contribution in [2.75, 3.05) is 33.7 Å². The summed E-state index contributed by atoms with van der Waals surface area (Å²) < 4.78 is 12.9. The minimum Gasteiger partial charge on any atom is -0.388 e. The van der Waals surface area contributed by atoms with E-state index in [1.807, 2.05) is 12.2 Å². The van der Waals surface area contributed by atoms with Crippen LogP contribution in [-0.2, 0) is 4.79 Å². The average molecular weight is 320 g/mol. The summed E-state index contributed by atoms with van der Waals surface area (Å²) in [5.41, 5.74) is 0.00464. The predicted octanol–water partition coefficient (Wildman–Crippen LogP) is 2.14. The Morgan fingerprint density at radius 2 is 2.09 bits per heavy atom. The van der Waals surface area contributed by atoms with E-state index in [2.05, 4.69) is 4.90 Å². The van der Waals surface area contributed by atoms with Gasteiger partial charge in [0.25, 0.3) is 0 Å². The number of piperidine rings is 1. The van der Waals surface area contributed by atoms with Gasteiger partial charge in [-0.1, -0.05) is 24.3 Å². The van der Waals surface area contributed by atoms with E-state index in [1.165, 1.54) is 17.0 Å². The van der Waals surface area contributed by atoms with Gasteiger partial charge in [-0.05, 0) is 37.1 Å². The fraction of sp³-hybridized carbons (Fsp3) is 0.500. The van der Waals surface area contributed by atoms with Crippen LogP contribution in [0, 0.1) is 5.82 Å². The lowest BCUT2D eigenvalue weighted by Crippen LogP contribution is -2.50. The number of amides is 1. The van der Waals surface area contributed by atoms with Gasteiger partial charge in [-0.2, -0.15) is 0 Å². The van der Waals surface area contributed by atoms with Crippen molar-refractivity contribution in [3.8, 4) is 0 Å². The third-order valence-corrected chi connectivity index (χ3v) is 4.16. The number of rotatable bonds is 5. The van der Waals surface area contributed by atoms with Gasteiger partial charge in [0.15, 0.2) is 0 Å². The first-order valence-electron chi connectivity index (χ1n) is 7.95. The predicted molar refractivity (Wildman–Crippen MR) is 89.4 cm³/mol. The van der Waals surface area contributed by atoms with Crippen molar-refractivity contribution in [3.63, 3.8) is 0 Å². The maximum Gasteiger partial charge on any atom is 0.224 e. The Bertz CT molecular complexity index is 557. The molecule has 0 radical (unpaired) electrons. The summed E-state index contributed by atoms with van der Waals surface area (Å²) in [4.78, 5) is 15.5.